The van der Waals surface area contributed by atoms with Crippen LogP contribution >= 0.6 is 0 Å². The molecule has 0 saturated heterocycles. The normalized spacial score (nSPS) is 10.6. The lowest BCUT2D eigenvalue weighted by Crippen LogP contribution is -2.29. The summed E-state index contributed by atoms with van der Waals surface area (Å²) in [4.78, 5) is 22.0. The van der Waals surface area contributed by atoms with Crippen molar-refractivity contribution in [3.05, 3.63) is 28.3 Å². The third-order valence-corrected chi connectivity index (χ3v) is 4.35. The zero-order chi connectivity index (χ0) is 19.9. The standard InChI is InChI=1S/C20H32N2O5/c1-2-3-4-5-6-7-8-9-10-11-14-21-20(24)16-27-19-13-12-17(23)15-18(19)22(25)26/h12-13,15,23H,2-11,14,16H2,1H3,(H,21,24). The molecule has 7 nitrogen and oxygen atoms in total. The zero-order valence-electron chi connectivity index (χ0n) is 16.2. The molecule has 1 rings (SSSR count). The monoisotopic (exact) mass is 380 g/mol. The Morgan fingerprint density at radius 1 is 1.07 bits per heavy atom. The number of nitrogens with one attached hydrogen (secondary N) is 1. The van der Waals surface area contributed by atoms with Crippen molar-refractivity contribution in [2.45, 2.75) is 71.1 Å². The van der Waals surface area contributed by atoms with Gasteiger partial charge in [-0.1, -0.05) is 64.7 Å². The summed E-state index contributed by atoms with van der Waals surface area (Å²) in [5.41, 5.74) is -0.363. The predicted molar refractivity (Wildman–Crippen MR) is 105 cm³/mol. The third kappa shape index (κ3) is 10.4. The molecule has 1 aromatic rings. The second-order valence-electron chi connectivity index (χ2n) is 6.73. The molecule has 0 spiro atoms. The van der Waals surface area contributed by atoms with Crippen LogP contribution in [0.5, 0.6) is 11.5 Å². The first-order valence-electron chi connectivity index (χ1n) is 9.91. The summed E-state index contributed by atoms with van der Waals surface area (Å²) in [5, 5.41) is 23.0. The van der Waals surface area contributed by atoms with Crippen molar-refractivity contribution in [1.82, 2.24) is 5.32 Å². The Morgan fingerprint density at radius 2 is 1.67 bits per heavy atom. The Hall–Kier alpha value is -2.31. The summed E-state index contributed by atoms with van der Waals surface area (Å²) in [6.45, 7) is 2.52. The van der Waals surface area contributed by atoms with Gasteiger partial charge >= 0.3 is 5.69 Å². The molecule has 0 saturated carbocycles. The molecule has 27 heavy (non-hydrogen) atoms. The summed E-state index contributed by atoms with van der Waals surface area (Å²) in [5.74, 6) is -0.570. The van der Waals surface area contributed by atoms with Gasteiger partial charge in [0.1, 0.15) is 5.75 Å². The Kier molecular flexibility index (Phi) is 11.6. The van der Waals surface area contributed by atoms with Crippen molar-refractivity contribution in [3.63, 3.8) is 0 Å². The predicted octanol–water partition coefficient (Wildman–Crippen LogP) is 4.72. The molecule has 0 heterocycles. The maximum Gasteiger partial charge on any atom is 0.314 e. The number of ether oxygens (including phenoxy) is 1. The van der Waals surface area contributed by atoms with E-state index in [1.807, 2.05) is 0 Å². The van der Waals surface area contributed by atoms with Gasteiger partial charge in [-0.3, -0.25) is 14.9 Å². The van der Waals surface area contributed by atoms with Gasteiger partial charge in [-0.15, -0.1) is 0 Å². The number of benzene rings is 1. The summed E-state index contributed by atoms with van der Waals surface area (Å²) >= 11 is 0. The molecular formula is C20H32N2O5. The molecule has 2 N–H and O–H groups in total. The van der Waals surface area contributed by atoms with Gasteiger partial charge in [0.05, 0.1) is 11.0 Å². The lowest BCUT2D eigenvalue weighted by Gasteiger charge is -2.08. The maximum atomic E-state index is 11.8. The largest absolute Gasteiger partial charge is 0.508 e. The zero-order valence-corrected chi connectivity index (χ0v) is 16.2. The second-order valence-corrected chi connectivity index (χ2v) is 6.73. The molecule has 0 aromatic heterocycles. The van der Waals surface area contributed by atoms with E-state index in [-0.39, 0.29) is 29.7 Å². The lowest BCUT2D eigenvalue weighted by molar-refractivity contribution is -0.385. The van der Waals surface area contributed by atoms with Crippen molar-refractivity contribution in [3.8, 4) is 11.5 Å². The van der Waals surface area contributed by atoms with E-state index in [1.54, 1.807) is 0 Å². The van der Waals surface area contributed by atoms with Crippen LogP contribution in [0.1, 0.15) is 71.1 Å². The van der Waals surface area contributed by atoms with Crippen LogP contribution < -0.4 is 10.1 Å². The van der Waals surface area contributed by atoms with Crippen LogP contribution in [0.15, 0.2) is 18.2 Å². The summed E-state index contributed by atoms with van der Waals surface area (Å²) in [6.07, 6.45) is 12.3. The fourth-order valence-corrected chi connectivity index (χ4v) is 2.81. The van der Waals surface area contributed by atoms with E-state index in [0.29, 0.717) is 6.54 Å². The van der Waals surface area contributed by atoms with Crippen LogP contribution in [0, 0.1) is 10.1 Å². The molecule has 1 aromatic carbocycles. The van der Waals surface area contributed by atoms with E-state index in [2.05, 4.69) is 12.2 Å². The summed E-state index contributed by atoms with van der Waals surface area (Å²) in [7, 11) is 0. The highest BCUT2D eigenvalue weighted by Crippen LogP contribution is 2.30. The summed E-state index contributed by atoms with van der Waals surface area (Å²) < 4.78 is 5.20. The Morgan fingerprint density at radius 3 is 2.26 bits per heavy atom. The van der Waals surface area contributed by atoms with Gasteiger partial charge in [0.2, 0.25) is 0 Å². The third-order valence-electron chi connectivity index (χ3n) is 4.35. The summed E-state index contributed by atoms with van der Waals surface area (Å²) in [6, 6.07) is 3.56. The molecule has 0 atom stereocenters. The molecule has 0 aliphatic rings. The van der Waals surface area contributed by atoms with Crippen molar-refractivity contribution in [2.75, 3.05) is 13.2 Å². The Bertz CT molecular complexity index is 577. The van der Waals surface area contributed by atoms with Crippen molar-refractivity contribution in [1.29, 1.82) is 0 Å². The fourth-order valence-electron chi connectivity index (χ4n) is 2.81. The van der Waals surface area contributed by atoms with Gasteiger partial charge in [0.15, 0.2) is 12.4 Å². The topological polar surface area (TPSA) is 102 Å². The second kappa shape index (κ2) is 13.8. The van der Waals surface area contributed by atoms with E-state index in [9.17, 15) is 20.0 Å². The average Bonchev–Trinajstić information content (AvgIpc) is 2.65. The molecule has 7 heteroatoms. The number of hydrogen-bond acceptors (Lipinski definition) is 5. The molecule has 0 aliphatic carbocycles. The molecule has 0 aliphatic heterocycles. The minimum atomic E-state index is -0.656. The van der Waals surface area contributed by atoms with Gasteiger partial charge in [-0.05, 0) is 18.6 Å². The number of nitro groups is 1. The molecule has 0 radical (unpaired) electrons. The van der Waals surface area contributed by atoms with Gasteiger partial charge in [-0.2, -0.15) is 0 Å². The van der Waals surface area contributed by atoms with E-state index >= 15 is 0 Å². The number of unbranched alkanes of at least 4 members (excludes halogenated alkanes) is 9. The highest BCUT2D eigenvalue weighted by Gasteiger charge is 2.17. The Labute approximate surface area is 161 Å². The van der Waals surface area contributed by atoms with Gasteiger partial charge in [0, 0.05) is 6.54 Å². The Balaban J connectivity index is 2.08. The average molecular weight is 380 g/mol. The first-order chi connectivity index (χ1) is 13.0. The van der Waals surface area contributed by atoms with Crippen LogP contribution in [-0.2, 0) is 4.79 Å². The number of nitrogens with zero attached hydrogens (tertiary/aromatic N) is 1. The van der Waals surface area contributed by atoms with Crippen molar-refractivity contribution in [2.24, 2.45) is 0 Å². The van der Waals surface area contributed by atoms with Gasteiger partial charge in [-0.25, -0.2) is 0 Å². The molecule has 0 unspecified atom stereocenters. The lowest BCUT2D eigenvalue weighted by atomic mass is 10.1. The van der Waals surface area contributed by atoms with Gasteiger partial charge < -0.3 is 15.2 Å². The highest BCUT2D eigenvalue weighted by atomic mass is 16.6. The quantitative estimate of drug-likeness (QED) is 0.260. The smallest absolute Gasteiger partial charge is 0.314 e. The highest BCUT2D eigenvalue weighted by molar-refractivity contribution is 5.77. The molecule has 152 valence electrons. The SMILES string of the molecule is CCCCCCCCCCCCNC(=O)COc1ccc(O)cc1[N+](=O)[O-]. The minimum Gasteiger partial charge on any atom is -0.508 e. The number of phenols is 1. The number of nitro benzene ring substituents is 1. The molecular weight excluding hydrogens is 348 g/mol. The number of amides is 1. The number of rotatable bonds is 15. The van der Waals surface area contributed by atoms with Gasteiger partial charge in [0.25, 0.3) is 5.91 Å². The van der Waals surface area contributed by atoms with E-state index in [0.717, 1.165) is 18.9 Å². The van der Waals surface area contributed by atoms with Crippen molar-refractivity contribution >= 4 is 11.6 Å². The van der Waals surface area contributed by atoms with Crippen LogP contribution in [0.25, 0.3) is 0 Å². The molecule has 0 fully saturated rings. The van der Waals surface area contributed by atoms with Crippen molar-refractivity contribution < 1.29 is 19.6 Å². The van der Waals surface area contributed by atoms with E-state index in [4.69, 9.17) is 4.74 Å². The first-order valence-corrected chi connectivity index (χ1v) is 9.91. The fraction of sp³-hybridized carbons (Fsp3) is 0.650. The number of aromatic hydroxyl groups is 1. The first kappa shape index (κ1) is 22.7. The van der Waals surface area contributed by atoms with Crippen LogP contribution in [0.3, 0.4) is 0 Å². The molecule has 1 amide bonds. The number of hydrogen-bond donors (Lipinski definition) is 2. The van der Waals surface area contributed by atoms with Crippen LogP contribution in [-0.4, -0.2) is 29.1 Å². The number of carbonyl (C=O) groups is 1. The van der Waals surface area contributed by atoms with Crippen LogP contribution in [0.2, 0.25) is 0 Å². The van der Waals surface area contributed by atoms with Crippen LogP contribution in [0.4, 0.5) is 5.69 Å². The number of phenolic OH excluding ortho intramolecular Hbond substituents is 1. The van der Waals surface area contributed by atoms with E-state index in [1.165, 1.54) is 63.5 Å². The number of carbonyl (C=O) groups excluding carboxylic acids is 1. The maximum absolute atomic E-state index is 11.8. The van der Waals surface area contributed by atoms with E-state index < -0.39 is 4.92 Å². The minimum absolute atomic E-state index is 0.0353. The molecule has 0 bridgehead atoms.